The van der Waals surface area contributed by atoms with Gasteiger partial charge in [0.1, 0.15) is 0 Å². The molecule has 5 nitrogen and oxygen atoms in total. The molecule has 0 fully saturated rings. The second-order valence-electron chi connectivity index (χ2n) is 8.82. The molecular weight excluding hydrogens is 511 g/mol. The molecule has 6 rings (SSSR count). The first-order chi connectivity index (χ1) is 17.4. The summed E-state index contributed by atoms with van der Waals surface area (Å²) in [6.45, 7) is 4.62. The molecule has 0 bridgehead atoms. The van der Waals surface area contributed by atoms with Gasteiger partial charge in [-0.05, 0) is 60.9 Å². The summed E-state index contributed by atoms with van der Waals surface area (Å²) in [5, 5.41) is 5.88. The predicted molar refractivity (Wildman–Crippen MR) is 148 cm³/mol. The van der Waals surface area contributed by atoms with Gasteiger partial charge in [-0.3, -0.25) is 9.48 Å². The van der Waals surface area contributed by atoms with Crippen molar-refractivity contribution in [2.45, 2.75) is 20.4 Å². The molecule has 0 amide bonds. The van der Waals surface area contributed by atoms with Crippen LogP contribution in [0.15, 0.2) is 71.7 Å². The lowest BCUT2D eigenvalue weighted by Crippen LogP contribution is -2.22. The Bertz CT molecular complexity index is 1890. The van der Waals surface area contributed by atoms with E-state index in [1.165, 1.54) is 11.3 Å². The number of fused-ring (bicyclic) bond motifs is 3. The highest BCUT2D eigenvalue weighted by Gasteiger charge is 2.15. The van der Waals surface area contributed by atoms with Crippen molar-refractivity contribution in [2.75, 3.05) is 0 Å². The third kappa shape index (κ3) is 4.01. The molecule has 0 aliphatic rings. The van der Waals surface area contributed by atoms with E-state index in [9.17, 15) is 4.79 Å². The van der Waals surface area contributed by atoms with Crippen molar-refractivity contribution in [3.05, 3.63) is 114 Å². The van der Waals surface area contributed by atoms with Gasteiger partial charge < -0.3 is 0 Å². The molecule has 0 atom stereocenters. The van der Waals surface area contributed by atoms with Crippen LogP contribution in [0.3, 0.4) is 0 Å². The van der Waals surface area contributed by atoms with Crippen LogP contribution >= 0.6 is 34.5 Å². The normalized spacial score (nSPS) is 12.3. The van der Waals surface area contributed by atoms with Crippen molar-refractivity contribution < 1.29 is 0 Å². The van der Waals surface area contributed by atoms with Gasteiger partial charge in [0, 0.05) is 17.3 Å². The van der Waals surface area contributed by atoms with E-state index in [0.717, 1.165) is 44.5 Å². The minimum atomic E-state index is -0.0722. The van der Waals surface area contributed by atoms with Crippen LogP contribution in [-0.2, 0) is 6.54 Å². The van der Waals surface area contributed by atoms with E-state index >= 15 is 0 Å². The van der Waals surface area contributed by atoms with Crippen molar-refractivity contribution in [2.24, 2.45) is 0 Å². The average Bonchev–Trinajstić information content (AvgIpc) is 3.50. The van der Waals surface area contributed by atoms with Gasteiger partial charge in [0.25, 0.3) is 5.56 Å². The van der Waals surface area contributed by atoms with E-state index in [2.05, 4.69) is 6.92 Å². The minimum absolute atomic E-state index is 0.0722. The minimum Gasteiger partial charge on any atom is -0.267 e. The van der Waals surface area contributed by atoms with Crippen molar-refractivity contribution in [3.8, 4) is 11.3 Å². The maximum absolute atomic E-state index is 13.5. The van der Waals surface area contributed by atoms with Crippen LogP contribution in [0.2, 0.25) is 10.0 Å². The zero-order chi connectivity index (χ0) is 25.0. The lowest BCUT2D eigenvalue weighted by atomic mass is 10.1. The Morgan fingerprint density at radius 2 is 1.75 bits per heavy atom. The third-order valence-electron chi connectivity index (χ3n) is 6.31. The molecule has 8 heteroatoms. The Kier molecular flexibility index (Phi) is 5.67. The molecule has 178 valence electrons. The van der Waals surface area contributed by atoms with Gasteiger partial charge in [-0.2, -0.15) is 5.10 Å². The van der Waals surface area contributed by atoms with Crippen molar-refractivity contribution in [1.82, 2.24) is 19.2 Å². The molecular formula is C28H20Cl2N4OS. The highest BCUT2D eigenvalue weighted by Crippen LogP contribution is 2.26. The van der Waals surface area contributed by atoms with E-state index in [0.29, 0.717) is 26.1 Å². The van der Waals surface area contributed by atoms with Crippen LogP contribution in [0.4, 0.5) is 0 Å². The first kappa shape index (κ1) is 23.0. The molecule has 36 heavy (non-hydrogen) atoms. The fourth-order valence-corrected chi connectivity index (χ4v) is 5.63. The zero-order valence-corrected chi connectivity index (χ0v) is 21.8. The topological polar surface area (TPSA) is 52.2 Å². The second-order valence-corrected chi connectivity index (χ2v) is 10.6. The van der Waals surface area contributed by atoms with Crippen LogP contribution in [0.25, 0.3) is 33.3 Å². The second kappa shape index (κ2) is 8.89. The Morgan fingerprint density at radius 1 is 0.972 bits per heavy atom. The summed E-state index contributed by atoms with van der Waals surface area (Å²) in [6.07, 6.45) is 3.87. The molecule has 0 N–H and O–H groups in total. The number of halogens is 2. The van der Waals surface area contributed by atoms with Crippen molar-refractivity contribution in [1.29, 1.82) is 0 Å². The Morgan fingerprint density at radius 3 is 2.53 bits per heavy atom. The molecule has 0 unspecified atom stereocenters. The molecule has 3 aromatic carbocycles. The zero-order valence-electron chi connectivity index (χ0n) is 19.5. The average molecular weight is 531 g/mol. The first-order valence-corrected chi connectivity index (χ1v) is 13.0. The molecule has 6 aromatic rings. The highest BCUT2D eigenvalue weighted by molar-refractivity contribution is 7.15. The van der Waals surface area contributed by atoms with Crippen LogP contribution in [0.5, 0.6) is 0 Å². The quantitative estimate of drug-likeness (QED) is 0.269. The summed E-state index contributed by atoms with van der Waals surface area (Å²) in [6, 6.07) is 19.6. The lowest BCUT2D eigenvalue weighted by Gasteiger charge is -2.03. The van der Waals surface area contributed by atoms with E-state index in [1.807, 2.05) is 78.5 Å². The fraction of sp³-hybridized carbons (Fsp3) is 0.107. The smallest absolute Gasteiger partial charge is 0.267 e. The van der Waals surface area contributed by atoms with Gasteiger partial charge >= 0.3 is 0 Å². The number of imidazole rings is 1. The summed E-state index contributed by atoms with van der Waals surface area (Å²) in [5.74, 6) is 0. The molecule has 0 aliphatic heterocycles. The van der Waals surface area contributed by atoms with Crippen LogP contribution < -0.4 is 10.1 Å². The number of aryl methyl sites for hydroxylation is 2. The number of benzene rings is 3. The summed E-state index contributed by atoms with van der Waals surface area (Å²) in [5.41, 5.74) is 7.52. The van der Waals surface area contributed by atoms with Gasteiger partial charge in [-0.1, -0.05) is 70.9 Å². The number of hydrogen-bond acceptors (Lipinski definition) is 4. The van der Waals surface area contributed by atoms with Gasteiger partial charge in [0.05, 0.1) is 37.8 Å². The fourth-order valence-electron chi connectivity index (χ4n) is 4.33. The largest absolute Gasteiger partial charge is 0.274 e. The maximum Gasteiger partial charge on any atom is 0.274 e. The summed E-state index contributed by atoms with van der Waals surface area (Å²) in [4.78, 5) is 18.9. The number of nitrogens with zero attached hydrogens (tertiary/aromatic N) is 4. The van der Waals surface area contributed by atoms with Crippen molar-refractivity contribution >= 4 is 56.6 Å². The van der Waals surface area contributed by atoms with Gasteiger partial charge in [0.2, 0.25) is 0 Å². The Labute approximate surface area is 220 Å². The molecule has 3 heterocycles. The number of aromatic nitrogens is 4. The van der Waals surface area contributed by atoms with E-state index in [4.69, 9.17) is 33.3 Å². The lowest BCUT2D eigenvalue weighted by molar-refractivity contribution is 0.689. The predicted octanol–water partition coefficient (Wildman–Crippen LogP) is 6.29. The van der Waals surface area contributed by atoms with E-state index < -0.39 is 0 Å². The molecule has 0 saturated heterocycles. The Hall–Kier alpha value is -3.45. The monoisotopic (exact) mass is 530 g/mol. The SMILES string of the molecule is Cc1cc2nc3s/c(=C\c4cn(Cc5ccc(Cl)c(Cl)c5)nc4-c4ccccc4)c(=O)n3c2cc1C. The van der Waals surface area contributed by atoms with Crippen molar-refractivity contribution in [3.63, 3.8) is 0 Å². The van der Waals surface area contributed by atoms with E-state index in [-0.39, 0.29) is 5.56 Å². The third-order valence-corrected chi connectivity index (χ3v) is 8.01. The first-order valence-electron chi connectivity index (χ1n) is 11.4. The van der Waals surface area contributed by atoms with E-state index in [1.54, 1.807) is 10.5 Å². The van der Waals surface area contributed by atoms with Crippen LogP contribution in [-0.4, -0.2) is 19.2 Å². The number of thiazole rings is 1. The molecule has 0 spiro atoms. The molecule has 0 aliphatic carbocycles. The van der Waals surface area contributed by atoms with Crippen LogP contribution in [0, 0.1) is 13.8 Å². The summed E-state index contributed by atoms with van der Waals surface area (Å²) < 4.78 is 4.18. The standard InChI is InChI=1S/C28H20Cl2N4OS/c1-16-10-23-24(11-17(16)2)34-27(35)25(36-28(34)31-23)13-20-15-33(14-18-8-9-21(29)22(30)12-18)32-26(20)19-6-4-3-5-7-19/h3-13,15H,14H2,1-2H3/b25-13-. The summed E-state index contributed by atoms with van der Waals surface area (Å²) in [7, 11) is 0. The van der Waals surface area contributed by atoms with Gasteiger partial charge in [-0.25, -0.2) is 9.38 Å². The maximum atomic E-state index is 13.5. The number of rotatable bonds is 4. The van der Waals surface area contributed by atoms with Gasteiger partial charge in [-0.15, -0.1) is 0 Å². The van der Waals surface area contributed by atoms with Gasteiger partial charge in [0.15, 0.2) is 4.96 Å². The number of hydrogen-bond donors (Lipinski definition) is 0. The molecule has 0 saturated carbocycles. The Balaban J connectivity index is 1.50. The highest BCUT2D eigenvalue weighted by atomic mass is 35.5. The molecule has 0 radical (unpaired) electrons. The van der Waals surface area contributed by atoms with Crippen LogP contribution in [0.1, 0.15) is 22.3 Å². The summed E-state index contributed by atoms with van der Waals surface area (Å²) >= 11 is 13.7. The molecule has 3 aromatic heterocycles.